The van der Waals surface area contributed by atoms with Crippen LogP contribution in [0.4, 0.5) is 11.4 Å². The third-order valence-electron chi connectivity index (χ3n) is 3.75. The zero-order valence-corrected chi connectivity index (χ0v) is 15.3. The second kappa shape index (κ2) is 7.12. The number of nitrogens with one attached hydrogen (secondary N) is 1. The highest BCUT2D eigenvalue weighted by atomic mass is 35.5. The largest absolute Gasteiger partial charge is 0.482 e. The predicted octanol–water partition coefficient (Wildman–Crippen LogP) is 4.40. The van der Waals surface area contributed by atoms with E-state index in [9.17, 15) is 9.59 Å². The highest BCUT2D eigenvalue weighted by Crippen LogP contribution is 2.36. The van der Waals surface area contributed by atoms with E-state index in [4.69, 9.17) is 39.5 Å². The maximum absolute atomic E-state index is 12.6. The average molecular weight is 400 g/mol. The zero-order chi connectivity index (χ0) is 18.1. The summed E-state index contributed by atoms with van der Waals surface area (Å²) in [4.78, 5) is 26.3. The Morgan fingerprint density at radius 2 is 1.84 bits per heavy atom. The summed E-state index contributed by atoms with van der Waals surface area (Å²) in [5.74, 6) is -0.260. The van der Waals surface area contributed by atoms with Crippen LogP contribution in [0.5, 0.6) is 5.75 Å². The van der Waals surface area contributed by atoms with Crippen LogP contribution in [-0.2, 0) is 9.59 Å². The van der Waals surface area contributed by atoms with E-state index in [-0.39, 0.29) is 12.5 Å². The Morgan fingerprint density at radius 3 is 2.60 bits per heavy atom. The molecule has 2 amide bonds. The highest BCUT2D eigenvalue weighted by Gasteiger charge is 2.33. The summed E-state index contributed by atoms with van der Waals surface area (Å²) in [5.41, 5.74) is 0.821. The van der Waals surface area contributed by atoms with Gasteiger partial charge in [0.15, 0.2) is 6.61 Å². The summed E-state index contributed by atoms with van der Waals surface area (Å²) >= 11 is 18.0. The van der Waals surface area contributed by atoms with E-state index in [0.717, 1.165) is 0 Å². The first-order chi connectivity index (χ1) is 11.9. The molecule has 25 heavy (non-hydrogen) atoms. The van der Waals surface area contributed by atoms with E-state index in [2.05, 4.69) is 5.32 Å². The molecule has 2 aromatic rings. The molecule has 3 rings (SSSR count). The lowest BCUT2D eigenvalue weighted by molar-refractivity contribution is -0.125. The first kappa shape index (κ1) is 17.9. The molecule has 0 spiro atoms. The summed E-state index contributed by atoms with van der Waals surface area (Å²) in [7, 11) is 0. The Hall–Kier alpha value is -1.95. The van der Waals surface area contributed by atoms with Gasteiger partial charge in [0.1, 0.15) is 11.8 Å². The lowest BCUT2D eigenvalue weighted by Crippen LogP contribution is -2.49. The minimum Gasteiger partial charge on any atom is -0.482 e. The zero-order valence-electron chi connectivity index (χ0n) is 13.1. The molecule has 1 atom stereocenters. The third kappa shape index (κ3) is 3.68. The molecule has 1 aliphatic heterocycles. The fraction of sp³-hybridized carbons (Fsp3) is 0.176. The molecule has 0 unspecified atom stereocenters. The number of ether oxygens (including phenoxy) is 1. The Bertz CT molecular complexity index is 857. The van der Waals surface area contributed by atoms with Gasteiger partial charge < -0.3 is 10.1 Å². The van der Waals surface area contributed by atoms with Crippen LogP contribution in [0, 0.1) is 0 Å². The van der Waals surface area contributed by atoms with Crippen LogP contribution in [-0.4, -0.2) is 24.5 Å². The van der Waals surface area contributed by atoms with Crippen molar-refractivity contribution in [3.05, 3.63) is 51.5 Å². The van der Waals surface area contributed by atoms with Crippen molar-refractivity contribution in [2.45, 2.75) is 13.0 Å². The summed E-state index contributed by atoms with van der Waals surface area (Å²) in [6.45, 7) is 1.46. The summed E-state index contributed by atoms with van der Waals surface area (Å²) in [5, 5.41) is 3.91. The van der Waals surface area contributed by atoms with Gasteiger partial charge in [-0.2, -0.15) is 0 Å². The molecule has 0 aromatic heterocycles. The van der Waals surface area contributed by atoms with Crippen LogP contribution in [0.3, 0.4) is 0 Å². The van der Waals surface area contributed by atoms with Crippen molar-refractivity contribution in [3.8, 4) is 5.75 Å². The van der Waals surface area contributed by atoms with Gasteiger partial charge in [-0.3, -0.25) is 14.5 Å². The molecule has 1 aliphatic rings. The molecule has 0 saturated carbocycles. The van der Waals surface area contributed by atoms with Crippen molar-refractivity contribution in [3.63, 3.8) is 0 Å². The fourth-order valence-electron chi connectivity index (χ4n) is 2.52. The number of halogens is 3. The van der Waals surface area contributed by atoms with Crippen LogP contribution >= 0.6 is 34.8 Å². The molecule has 0 bridgehead atoms. The standard InChI is InChI=1S/C17H13Cl3N2O3/c1-9(17(24)21-13-6-10(18)2-4-12(13)20)22-14-7-11(19)3-5-15(14)25-8-16(22)23/h2-7,9H,8H2,1H3,(H,21,24)/t9-/m1/s1. The number of hydrogen-bond donors (Lipinski definition) is 1. The van der Waals surface area contributed by atoms with Gasteiger partial charge in [-0.1, -0.05) is 34.8 Å². The van der Waals surface area contributed by atoms with Crippen molar-refractivity contribution in [2.24, 2.45) is 0 Å². The first-order valence-electron chi connectivity index (χ1n) is 7.37. The molecular weight excluding hydrogens is 387 g/mol. The van der Waals surface area contributed by atoms with Gasteiger partial charge in [0.25, 0.3) is 5.91 Å². The number of carbonyl (C=O) groups is 2. The number of amides is 2. The quantitative estimate of drug-likeness (QED) is 0.832. The van der Waals surface area contributed by atoms with E-state index in [1.54, 1.807) is 43.3 Å². The maximum atomic E-state index is 12.6. The van der Waals surface area contributed by atoms with Gasteiger partial charge in [-0.25, -0.2) is 0 Å². The predicted molar refractivity (Wildman–Crippen MR) is 99.0 cm³/mol. The summed E-state index contributed by atoms with van der Waals surface area (Å²) < 4.78 is 5.38. The second-order valence-electron chi connectivity index (χ2n) is 5.45. The van der Waals surface area contributed by atoms with Gasteiger partial charge in [0.05, 0.1) is 16.4 Å². The van der Waals surface area contributed by atoms with Crippen LogP contribution in [0.15, 0.2) is 36.4 Å². The Balaban J connectivity index is 1.88. The van der Waals surface area contributed by atoms with Gasteiger partial charge in [0, 0.05) is 10.0 Å². The molecule has 5 nitrogen and oxygen atoms in total. The summed E-state index contributed by atoms with van der Waals surface area (Å²) in [6.07, 6.45) is 0. The van der Waals surface area contributed by atoms with Crippen molar-refractivity contribution < 1.29 is 14.3 Å². The SMILES string of the molecule is C[C@H](C(=O)Nc1cc(Cl)ccc1Cl)N1C(=O)COc2ccc(Cl)cc21. The lowest BCUT2D eigenvalue weighted by Gasteiger charge is -2.33. The fourth-order valence-corrected chi connectivity index (χ4v) is 3.02. The van der Waals surface area contributed by atoms with E-state index in [1.807, 2.05) is 0 Å². The minimum atomic E-state index is -0.802. The minimum absolute atomic E-state index is 0.149. The molecule has 0 aliphatic carbocycles. The smallest absolute Gasteiger partial charge is 0.265 e. The number of benzene rings is 2. The van der Waals surface area contributed by atoms with Gasteiger partial charge in [-0.15, -0.1) is 0 Å². The lowest BCUT2D eigenvalue weighted by atomic mass is 10.1. The van der Waals surface area contributed by atoms with Crippen molar-refractivity contribution in [1.82, 2.24) is 0 Å². The average Bonchev–Trinajstić information content (AvgIpc) is 2.57. The molecule has 130 valence electrons. The Kier molecular flexibility index (Phi) is 5.08. The molecule has 0 saturated heterocycles. The Labute approximate surface area is 159 Å². The number of hydrogen-bond acceptors (Lipinski definition) is 3. The molecule has 1 N–H and O–H groups in total. The maximum Gasteiger partial charge on any atom is 0.265 e. The van der Waals surface area contributed by atoms with Crippen molar-refractivity contribution in [1.29, 1.82) is 0 Å². The number of rotatable bonds is 3. The van der Waals surface area contributed by atoms with Crippen LogP contribution in [0.2, 0.25) is 15.1 Å². The Morgan fingerprint density at radius 1 is 1.16 bits per heavy atom. The normalized spacial score (nSPS) is 14.6. The number of carbonyl (C=O) groups excluding carboxylic acids is 2. The topological polar surface area (TPSA) is 58.6 Å². The third-order valence-corrected chi connectivity index (χ3v) is 4.55. The first-order valence-corrected chi connectivity index (χ1v) is 8.50. The van der Waals surface area contributed by atoms with E-state index < -0.39 is 11.9 Å². The molecule has 1 heterocycles. The van der Waals surface area contributed by atoms with Crippen molar-refractivity contribution >= 4 is 58.0 Å². The van der Waals surface area contributed by atoms with Crippen LogP contribution < -0.4 is 15.0 Å². The van der Waals surface area contributed by atoms with Crippen LogP contribution in [0.1, 0.15) is 6.92 Å². The van der Waals surface area contributed by atoms with Gasteiger partial charge in [-0.05, 0) is 43.3 Å². The van der Waals surface area contributed by atoms with Crippen LogP contribution in [0.25, 0.3) is 0 Å². The number of anilines is 2. The number of nitrogens with zero attached hydrogens (tertiary/aromatic N) is 1. The molecule has 0 fully saturated rings. The van der Waals surface area contributed by atoms with Gasteiger partial charge >= 0.3 is 0 Å². The van der Waals surface area contributed by atoms with Gasteiger partial charge in [0.2, 0.25) is 5.91 Å². The molecule has 2 aromatic carbocycles. The van der Waals surface area contributed by atoms with E-state index >= 15 is 0 Å². The van der Waals surface area contributed by atoms with E-state index in [0.29, 0.717) is 32.2 Å². The molecule has 8 heteroatoms. The number of fused-ring (bicyclic) bond motifs is 1. The van der Waals surface area contributed by atoms with Crippen molar-refractivity contribution in [2.75, 3.05) is 16.8 Å². The monoisotopic (exact) mass is 398 g/mol. The summed E-state index contributed by atoms with van der Waals surface area (Å²) in [6, 6.07) is 8.85. The molecule has 0 radical (unpaired) electrons. The highest BCUT2D eigenvalue weighted by molar-refractivity contribution is 6.35. The molecular formula is C17H13Cl3N2O3. The second-order valence-corrected chi connectivity index (χ2v) is 6.73. The van der Waals surface area contributed by atoms with E-state index in [1.165, 1.54) is 4.90 Å².